The smallest absolute Gasteiger partial charge is 0.258 e. The first-order chi connectivity index (χ1) is 8.74. The fourth-order valence-corrected chi connectivity index (χ4v) is 1.94. The summed E-state index contributed by atoms with van der Waals surface area (Å²) in [6.45, 7) is 0.733. The van der Waals surface area contributed by atoms with Crippen molar-refractivity contribution in [2.24, 2.45) is 0 Å². The van der Waals surface area contributed by atoms with Gasteiger partial charge in [-0.05, 0) is 31.0 Å². The number of phenols is 1. The van der Waals surface area contributed by atoms with Crippen LogP contribution < -0.4 is 5.73 Å². The molecule has 1 aliphatic rings. The van der Waals surface area contributed by atoms with Crippen molar-refractivity contribution in [3.8, 4) is 17.2 Å². The lowest BCUT2D eigenvalue weighted by atomic mass is 10.2. The van der Waals surface area contributed by atoms with E-state index in [9.17, 15) is 5.11 Å². The van der Waals surface area contributed by atoms with Gasteiger partial charge in [-0.15, -0.1) is 0 Å². The van der Waals surface area contributed by atoms with E-state index in [1.54, 1.807) is 12.1 Å². The van der Waals surface area contributed by atoms with E-state index in [0.717, 1.165) is 19.4 Å². The molecule has 2 heterocycles. The number of ether oxygens (including phenoxy) is 1. The third-order valence-corrected chi connectivity index (χ3v) is 2.94. The molecule has 0 radical (unpaired) electrons. The lowest BCUT2D eigenvalue weighted by Crippen LogP contribution is -1.97. The second kappa shape index (κ2) is 4.30. The third kappa shape index (κ3) is 1.91. The van der Waals surface area contributed by atoms with Crippen molar-refractivity contribution >= 4 is 5.69 Å². The average Bonchev–Trinajstić information content (AvgIpc) is 3.01. The predicted octanol–water partition coefficient (Wildman–Crippen LogP) is 1.88. The van der Waals surface area contributed by atoms with Crippen LogP contribution in [0.25, 0.3) is 11.5 Å². The van der Waals surface area contributed by atoms with E-state index in [1.165, 1.54) is 6.07 Å². The monoisotopic (exact) mass is 247 g/mol. The Morgan fingerprint density at radius 3 is 3.00 bits per heavy atom. The third-order valence-electron chi connectivity index (χ3n) is 2.94. The number of nitrogens with two attached hydrogens (primary N) is 1. The average molecular weight is 247 g/mol. The quantitative estimate of drug-likeness (QED) is 0.621. The first-order valence-corrected chi connectivity index (χ1v) is 5.78. The normalized spacial score (nSPS) is 19.2. The van der Waals surface area contributed by atoms with E-state index >= 15 is 0 Å². The molecule has 18 heavy (non-hydrogen) atoms. The van der Waals surface area contributed by atoms with Gasteiger partial charge in [0.1, 0.15) is 11.9 Å². The number of hydrogen-bond donors (Lipinski definition) is 2. The summed E-state index contributed by atoms with van der Waals surface area (Å²) in [7, 11) is 0. The minimum absolute atomic E-state index is 0.00404. The van der Waals surface area contributed by atoms with Crippen molar-refractivity contribution in [3.05, 3.63) is 24.0 Å². The molecule has 1 aromatic heterocycles. The van der Waals surface area contributed by atoms with Gasteiger partial charge in [-0.3, -0.25) is 0 Å². The van der Waals surface area contributed by atoms with Gasteiger partial charge in [0, 0.05) is 12.2 Å². The largest absolute Gasteiger partial charge is 0.506 e. The van der Waals surface area contributed by atoms with E-state index in [4.69, 9.17) is 15.0 Å². The van der Waals surface area contributed by atoms with Crippen molar-refractivity contribution in [1.29, 1.82) is 0 Å². The molecular formula is C12H13N3O3. The summed E-state index contributed by atoms with van der Waals surface area (Å²) in [5.41, 5.74) is 6.49. The minimum atomic E-state index is -0.0788. The Bertz CT molecular complexity index is 561. The fourth-order valence-electron chi connectivity index (χ4n) is 1.94. The van der Waals surface area contributed by atoms with Crippen molar-refractivity contribution < 1.29 is 14.4 Å². The van der Waals surface area contributed by atoms with Gasteiger partial charge in [-0.2, -0.15) is 4.98 Å². The molecule has 2 aromatic rings. The molecule has 0 amide bonds. The van der Waals surface area contributed by atoms with Gasteiger partial charge in [0.15, 0.2) is 0 Å². The lowest BCUT2D eigenvalue weighted by Gasteiger charge is -2.01. The summed E-state index contributed by atoms with van der Waals surface area (Å²) in [6, 6.07) is 4.82. The summed E-state index contributed by atoms with van der Waals surface area (Å²) < 4.78 is 10.6. The number of phenolic OH excluding ortho intramolecular Hbond substituents is 1. The van der Waals surface area contributed by atoms with Crippen molar-refractivity contribution in [2.75, 3.05) is 12.3 Å². The van der Waals surface area contributed by atoms with Crippen LogP contribution in [-0.4, -0.2) is 21.9 Å². The Morgan fingerprint density at radius 1 is 1.39 bits per heavy atom. The maximum absolute atomic E-state index is 9.54. The topological polar surface area (TPSA) is 94.4 Å². The van der Waals surface area contributed by atoms with Crippen LogP contribution in [0.2, 0.25) is 0 Å². The van der Waals surface area contributed by atoms with Crippen LogP contribution >= 0.6 is 0 Å². The van der Waals surface area contributed by atoms with Gasteiger partial charge in [0.2, 0.25) is 5.82 Å². The number of rotatable bonds is 2. The molecule has 1 saturated heterocycles. The van der Waals surface area contributed by atoms with Gasteiger partial charge < -0.3 is 20.1 Å². The highest BCUT2D eigenvalue weighted by Gasteiger charge is 2.23. The zero-order valence-corrected chi connectivity index (χ0v) is 9.67. The molecule has 0 bridgehead atoms. The fraction of sp³-hybridized carbons (Fsp3) is 0.333. The molecule has 1 fully saturated rings. The van der Waals surface area contributed by atoms with E-state index in [0.29, 0.717) is 23.0 Å². The van der Waals surface area contributed by atoms with Crippen LogP contribution in [0.1, 0.15) is 24.8 Å². The van der Waals surface area contributed by atoms with Crippen LogP contribution in [0.15, 0.2) is 22.7 Å². The molecule has 0 spiro atoms. The maximum Gasteiger partial charge on any atom is 0.258 e. The number of anilines is 1. The first kappa shape index (κ1) is 11.0. The van der Waals surface area contributed by atoms with Gasteiger partial charge >= 0.3 is 0 Å². The standard InChI is InChI=1S/C12H13N3O3/c13-8-4-3-7(6-9(8)16)12-14-11(15-18-12)10-2-1-5-17-10/h3-4,6,10,16H,1-2,5,13H2. The minimum Gasteiger partial charge on any atom is -0.506 e. The maximum atomic E-state index is 9.54. The summed E-state index contributed by atoms with van der Waals surface area (Å²) in [5, 5.41) is 13.4. The van der Waals surface area contributed by atoms with Crippen molar-refractivity contribution in [2.45, 2.75) is 18.9 Å². The van der Waals surface area contributed by atoms with Gasteiger partial charge in [-0.25, -0.2) is 0 Å². The zero-order valence-electron chi connectivity index (χ0n) is 9.67. The van der Waals surface area contributed by atoms with Gasteiger partial charge in [0.05, 0.1) is 5.69 Å². The number of nitrogens with zero attached hydrogens (tertiary/aromatic N) is 2. The molecule has 94 valence electrons. The van der Waals surface area contributed by atoms with Gasteiger partial charge in [-0.1, -0.05) is 5.16 Å². The number of nitrogen functional groups attached to an aromatic ring is 1. The predicted molar refractivity (Wildman–Crippen MR) is 63.7 cm³/mol. The molecule has 3 rings (SSSR count). The second-order valence-corrected chi connectivity index (χ2v) is 4.23. The van der Waals surface area contributed by atoms with Crippen LogP contribution in [-0.2, 0) is 4.74 Å². The Hall–Kier alpha value is -2.08. The Labute approximate surface area is 103 Å². The molecule has 1 unspecified atom stereocenters. The number of benzene rings is 1. The highest BCUT2D eigenvalue weighted by molar-refractivity contribution is 5.63. The SMILES string of the molecule is Nc1ccc(-c2nc(C3CCCO3)no2)cc1O. The summed E-state index contributed by atoms with van der Waals surface area (Å²) in [5.74, 6) is 0.916. The molecule has 6 heteroatoms. The highest BCUT2D eigenvalue weighted by atomic mass is 16.5. The molecule has 0 saturated carbocycles. The second-order valence-electron chi connectivity index (χ2n) is 4.23. The molecule has 1 aromatic carbocycles. The van der Waals surface area contributed by atoms with E-state index < -0.39 is 0 Å². The Kier molecular flexibility index (Phi) is 2.64. The molecule has 3 N–H and O–H groups in total. The first-order valence-electron chi connectivity index (χ1n) is 5.78. The van der Waals surface area contributed by atoms with Crippen LogP contribution in [0.4, 0.5) is 5.69 Å². The van der Waals surface area contributed by atoms with E-state index in [-0.39, 0.29) is 11.9 Å². The van der Waals surface area contributed by atoms with Crippen LogP contribution in [0.5, 0.6) is 5.75 Å². The summed E-state index contributed by atoms with van der Waals surface area (Å²) >= 11 is 0. The van der Waals surface area contributed by atoms with Crippen molar-refractivity contribution in [1.82, 2.24) is 10.1 Å². The molecule has 1 atom stereocenters. The lowest BCUT2D eigenvalue weighted by molar-refractivity contribution is 0.103. The Balaban J connectivity index is 1.89. The molecule has 0 aliphatic carbocycles. The number of aromatic hydroxyl groups is 1. The zero-order chi connectivity index (χ0) is 12.5. The molecule has 6 nitrogen and oxygen atoms in total. The number of hydrogen-bond acceptors (Lipinski definition) is 6. The highest BCUT2D eigenvalue weighted by Crippen LogP contribution is 2.30. The molecular weight excluding hydrogens is 234 g/mol. The van der Waals surface area contributed by atoms with E-state index in [2.05, 4.69) is 10.1 Å². The van der Waals surface area contributed by atoms with Crippen molar-refractivity contribution in [3.63, 3.8) is 0 Å². The van der Waals surface area contributed by atoms with Crippen LogP contribution in [0, 0.1) is 0 Å². The summed E-state index contributed by atoms with van der Waals surface area (Å²) in [4.78, 5) is 4.28. The summed E-state index contributed by atoms with van der Waals surface area (Å²) in [6.07, 6.45) is 1.84. The number of aromatic nitrogens is 2. The van der Waals surface area contributed by atoms with Crippen LogP contribution in [0.3, 0.4) is 0 Å². The Morgan fingerprint density at radius 2 is 2.28 bits per heavy atom. The van der Waals surface area contributed by atoms with Gasteiger partial charge in [0.25, 0.3) is 5.89 Å². The molecule has 1 aliphatic heterocycles. The van der Waals surface area contributed by atoms with E-state index in [1.807, 2.05) is 0 Å².